The van der Waals surface area contributed by atoms with Crippen LogP contribution in [0.15, 0.2) is 16.6 Å². The van der Waals surface area contributed by atoms with Gasteiger partial charge in [0.1, 0.15) is 0 Å². The van der Waals surface area contributed by atoms with Crippen LogP contribution in [-0.2, 0) is 0 Å². The Balaban J connectivity index is 3.09. The summed E-state index contributed by atoms with van der Waals surface area (Å²) in [5, 5.41) is 10.7. The molecule has 0 radical (unpaired) electrons. The van der Waals surface area contributed by atoms with Crippen molar-refractivity contribution in [1.82, 2.24) is 0 Å². The summed E-state index contributed by atoms with van der Waals surface area (Å²) in [6.07, 6.45) is 3.72. The lowest BCUT2D eigenvalue weighted by atomic mass is 9.88. The number of benzene rings is 1. The monoisotopic (exact) mass is 344 g/mol. The van der Waals surface area contributed by atoms with E-state index in [-0.39, 0.29) is 5.92 Å². The van der Waals surface area contributed by atoms with E-state index in [4.69, 9.17) is 9.47 Å². The number of halogens is 1. The van der Waals surface area contributed by atoms with Gasteiger partial charge < -0.3 is 14.6 Å². The zero-order valence-corrected chi connectivity index (χ0v) is 14.4. The maximum atomic E-state index is 10.7. The number of hydrogen-bond donors (Lipinski definition) is 1. The van der Waals surface area contributed by atoms with Crippen molar-refractivity contribution in [3.63, 3.8) is 0 Å². The number of aliphatic hydroxyl groups excluding tert-OH is 1. The van der Waals surface area contributed by atoms with Gasteiger partial charge in [0.05, 0.1) is 20.3 Å². The predicted octanol–water partition coefficient (Wildman–Crippen LogP) is 4.72. The second-order valence-corrected chi connectivity index (χ2v) is 5.87. The highest BCUT2D eigenvalue weighted by Crippen LogP contribution is 2.39. The molecule has 20 heavy (non-hydrogen) atoms. The van der Waals surface area contributed by atoms with Gasteiger partial charge in [-0.1, -0.05) is 42.6 Å². The Bertz CT molecular complexity index is 414. The van der Waals surface area contributed by atoms with E-state index in [1.54, 1.807) is 14.2 Å². The molecule has 1 N–H and O–H groups in total. The first-order valence-corrected chi connectivity index (χ1v) is 7.97. The third-order valence-electron chi connectivity index (χ3n) is 3.59. The summed E-state index contributed by atoms with van der Waals surface area (Å²) in [6.45, 7) is 4.30. The zero-order chi connectivity index (χ0) is 15.1. The Kier molecular flexibility index (Phi) is 7.38. The molecule has 0 amide bonds. The molecule has 0 fully saturated rings. The molecular weight excluding hydrogens is 320 g/mol. The SMILES string of the molecule is CCCC(CCC)C(O)c1cc(OC)c(OC)cc1Br. The van der Waals surface area contributed by atoms with E-state index in [0.29, 0.717) is 11.5 Å². The Hall–Kier alpha value is -0.740. The molecule has 0 heterocycles. The lowest BCUT2D eigenvalue weighted by molar-refractivity contribution is 0.0955. The van der Waals surface area contributed by atoms with Gasteiger partial charge >= 0.3 is 0 Å². The third-order valence-corrected chi connectivity index (χ3v) is 4.27. The summed E-state index contributed by atoms with van der Waals surface area (Å²) in [6, 6.07) is 3.72. The van der Waals surface area contributed by atoms with Crippen LogP contribution in [0.2, 0.25) is 0 Å². The topological polar surface area (TPSA) is 38.7 Å². The normalized spacial score (nSPS) is 12.6. The van der Waals surface area contributed by atoms with Gasteiger partial charge in [-0.25, -0.2) is 0 Å². The minimum atomic E-state index is -0.482. The molecule has 114 valence electrons. The molecule has 0 aliphatic heterocycles. The van der Waals surface area contributed by atoms with Gasteiger partial charge in [0, 0.05) is 4.47 Å². The number of rotatable bonds is 8. The molecule has 1 aromatic carbocycles. The van der Waals surface area contributed by atoms with Crippen LogP contribution in [0.25, 0.3) is 0 Å². The molecule has 0 aliphatic rings. The summed E-state index contributed by atoms with van der Waals surface area (Å²) in [5.41, 5.74) is 0.870. The third kappa shape index (κ3) is 4.13. The van der Waals surface area contributed by atoms with Crippen LogP contribution >= 0.6 is 15.9 Å². The molecule has 0 spiro atoms. The van der Waals surface area contributed by atoms with Crippen LogP contribution in [0.3, 0.4) is 0 Å². The molecule has 0 saturated heterocycles. The van der Waals surface area contributed by atoms with Gasteiger partial charge in [0.2, 0.25) is 0 Å². The van der Waals surface area contributed by atoms with E-state index in [2.05, 4.69) is 29.8 Å². The van der Waals surface area contributed by atoms with Crippen LogP contribution in [0.5, 0.6) is 11.5 Å². The minimum Gasteiger partial charge on any atom is -0.493 e. The van der Waals surface area contributed by atoms with E-state index < -0.39 is 6.10 Å². The summed E-state index contributed by atoms with van der Waals surface area (Å²) in [4.78, 5) is 0. The number of ether oxygens (including phenoxy) is 2. The standard InChI is InChI=1S/C16H25BrO3/c1-5-7-11(8-6-2)16(18)12-9-14(19-3)15(20-4)10-13(12)17/h9-11,16,18H,5-8H2,1-4H3. The van der Waals surface area contributed by atoms with Crippen LogP contribution in [0.1, 0.15) is 51.2 Å². The lowest BCUT2D eigenvalue weighted by Crippen LogP contribution is -2.13. The first kappa shape index (κ1) is 17.3. The molecule has 1 unspecified atom stereocenters. The highest BCUT2D eigenvalue weighted by Gasteiger charge is 2.23. The van der Waals surface area contributed by atoms with E-state index >= 15 is 0 Å². The Morgan fingerprint density at radius 2 is 1.55 bits per heavy atom. The molecule has 4 heteroatoms. The molecule has 1 atom stereocenters. The molecule has 0 saturated carbocycles. The van der Waals surface area contributed by atoms with Crippen molar-refractivity contribution in [2.24, 2.45) is 5.92 Å². The molecule has 0 aromatic heterocycles. The van der Waals surface area contributed by atoms with Gasteiger partial charge in [-0.15, -0.1) is 0 Å². The quantitative estimate of drug-likeness (QED) is 0.741. The van der Waals surface area contributed by atoms with Gasteiger partial charge in [-0.2, -0.15) is 0 Å². The number of aliphatic hydroxyl groups is 1. The molecule has 1 aromatic rings. The fourth-order valence-corrected chi connectivity index (χ4v) is 3.11. The fraction of sp³-hybridized carbons (Fsp3) is 0.625. The maximum Gasteiger partial charge on any atom is 0.161 e. The van der Waals surface area contributed by atoms with Gasteiger partial charge in [0.15, 0.2) is 11.5 Å². The van der Waals surface area contributed by atoms with Crippen molar-refractivity contribution in [3.05, 3.63) is 22.2 Å². The fourth-order valence-electron chi connectivity index (χ4n) is 2.55. The van der Waals surface area contributed by atoms with Crippen LogP contribution in [0, 0.1) is 5.92 Å². The molecule has 0 bridgehead atoms. The summed E-state index contributed by atoms with van der Waals surface area (Å²) in [5.74, 6) is 1.59. The van der Waals surface area contributed by atoms with Crippen molar-refractivity contribution in [3.8, 4) is 11.5 Å². The van der Waals surface area contributed by atoms with Crippen molar-refractivity contribution < 1.29 is 14.6 Å². The molecule has 3 nitrogen and oxygen atoms in total. The van der Waals surface area contributed by atoms with Gasteiger partial charge in [-0.05, 0) is 36.5 Å². The van der Waals surface area contributed by atoms with Crippen LogP contribution in [-0.4, -0.2) is 19.3 Å². The lowest BCUT2D eigenvalue weighted by Gasteiger charge is -2.24. The largest absolute Gasteiger partial charge is 0.493 e. The second kappa shape index (κ2) is 8.53. The Morgan fingerprint density at radius 1 is 1.05 bits per heavy atom. The second-order valence-electron chi connectivity index (χ2n) is 5.01. The highest BCUT2D eigenvalue weighted by molar-refractivity contribution is 9.10. The van der Waals surface area contributed by atoms with Crippen LogP contribution in [0.4, 0.5) is 0 Å². The van der Waals surface area contributed by atoms with E-state index in [1.165, 1.54) is 0 Å². The van der Waals surface area contributed by atoms with Gasteiger partial charge in [0.25, 0.3) is 0 Å². The van der Waals surface area contributed by atoms with Crippen molar-refractivity contribution in [2.45, 2.75) is 45.6 Å². The number of hydrogen-bond acceptors (Lipinski definition) is 3. The van der Waals surface area contributed by atoms with Crippen molar-refractivity contribution in [2.75, 3.05) is 14.2 Å². The van der Waals surface area contributed by atoms with E-state index in [0.717, 1.165) is 35.7 Å². The van der Waals surface area contributed by atoms with Crippen molar-refractivity contribution in [1.29, 1.82) is 0 Å². The predicted molar refractivity (Wildman–Crippen MR) is 85.5 cm³/mol. The molecule has 1 rings (SSSR count). The average Bonchev–Trinajstić information content (AvgIpc) is 2.46. The Labute approximate surface area is 130 Å². The number of methoxy groups -OCH3 is 2. The zero-order valence-electron chi connectivity index (χ0n) is 12.8. The molecular formula is C16H25BrO3. The van der Waals surface area contributed by atoms with E-state index in [9.17, 15) is 5.11 Å². The average molecular weight is 345 g/mol. The van der Waals surface area contributed by atoms with Gasteiger partial charge in [-0.3, -0.25) is 0 Å². The highest BCUT2D eigenvalue weighted by atomic mass is 79.9. The summed E-state index contributed by atoms with van der Waals surface area (Å²) >= 11 is 3.53. The first-order chi connectivity index (χ1) is 9.58. The minimum absolute atomic E-state index is 0.277. The summed E-state index contributed by atoms with van der Waals surface area (Å²) in [7, 11) is 3.22. The smallest absolute Gasteiger partial charge is 0.161 e. The van der Waals surface area contributed by atoms with Crippen molar-refractivity contribution >= 4 is 15.9 Å². The maximum absolute atomic E-state index is 10.7. The van der Waals surface area contributed by atoms with Crippen LogP contribution < -0.4 is 9.47 Å². The summed E-state index contributed by atoms with van der Waals surface area (Å²) < 4.78 is 11.5. The Morgan fingerprint density at radius 3 is 2.00 bits per heavy atom. The first-order valence-electron chi connectivity index (χ1n) is 7.18. The van der Waals surface area contributed by atoms with E-state index in [1.807, 2.05) is 12.1 Å². The molecule has 0 aliphatic carbocycles.